The van der Waals surface area contributed by atoms with Crippen LogP contribution in [0.4, 0.5) is 0 Å². The molecule has 2 bridgehead atoms. The number of hydrogen-bond donors (Lipinski definition) is 0. The molecule has 1 atom stereocenters. The Balaban J connectivity index is 1.89. The Morgan fingerprint density at radius 3 is 2.67 bits per heavy atom. The predicted molar refractivity (Wildman–Crippen MR) is 57.3 cm³/mol. The maximum absolute atomic E-state index is 2.47. The molecule has 12 heavy (non-hydrogen) atoms. The number of fused-ring (bicyclic) bond motifs is 2. The van der Waals surface area contributed by atoms with E-state index in [1.807, 2.05) is 11.1 Å². The van der Waals surface area contributed by atoms with Gasteiger partial charge < -0.3 is 0 Å². The summed E-state index contributed by atoms with van der Waals surface area (Å²) in [6.07, 6.45) is 7.40. The van der Waals surface area contributed by atoms with E-state index in [4.69, 9.17) is 0 Å². The van der Waals surface area contributed by atoms with Gasteiger partial charge >= 0.3 is 0 Å². The topological polar surface area (TPSA) is 0 Å². The first-order chi connectivity index (χ1) is 5.75. The lowest BCUT2D eigenvalue weighted by atomic mass is 9.98. The Bertz CT molecular complexity index is 203. The molecule has 0 nitrogen and oxygen atoms in total. The van der Waals surface area contributed by atoms with Crippen LogP contribution in [0.5, 0.6) is 0 Å². The minimum Gasteiger partial charge on any atom is -0.0722 e. The average Bonchev–Trinajstić information content (AvgIpc) is 2.60. The highest BCUT2D eigenvalue weighted by molar-refractivity contribution is 6.55. The highest BCUT2D eigenvalue weighted by Crippen LogP contribution is 2.45. The summed E-state index contributed by atoms with van der Waals surface area (Å²) >= 11 is 0. The fraction of sp³-hybridized carbons (Fsp3) is 0.818. The molecule has 0 aromatic heterocycles. The van der Waals surface area contributed by atoms with Gasteiger partial charge in [0.15, 0.2) is 0 Å². The molecular weight excluding hydrogens is 160 g/mol. The quantitative estimate of drug-likeness (QED) is 0.461. The van der Waals surface area contributed by atoms with Crippen LogP contribution in [-0.2, 0) is 0 Å². The molecule has 2 rings (SSSR count). The molecule has 68 valence electrons. The van der Waals surface area contributed by atoms with Crippen LogP contribution in [0.15, 0.2) is 11.1 Å². The first-order valence-corrected chi connectivity index (χ1v) is 8.58. The molecule has 1 saturated carbocycles. The van der Waals surface area contributed by atoms with Gasteiger partial charge in [-0.05, 0) is 38.0 Å². The molecule has 2 aliphatic rings. The Hall–Kier alpha value is -0.0431. The van der Waals surface area contributed by atoms with E-state index in [0.29, 0.717) is 0 Å². The van der Waals surface area contributed by atoms with Crippen LogP contribution >= 0.6 is 0 Å². The summed E-state index contributed by atoms with van der Waals surface area (Å²) in [5.41, 5.74) is 3.75. The number of rotatable bonds is 3. The van der Waals surface area contributed by atoms with Gasteiger partial charge in [-0.3, -0.25) is 0 Å². The predicted octanol–water partition coefficient (Wildman–Crippen LogP) is 3.36. The first-order valence-electron chi connectivity index (χ1n) is 5.45. The first kappa shape index (κ1) is 8.55. The standard InChI is InChI=1S/C11H20Si/c1-12(2)6-5-11-8-9-3-4-10(11)7-9/h9,12H,3-8H2,1-2H3. The third kappa shape index (κ3) is 1.66. The summed E-state index contributed by atoms with van der Waals surface area (Å²) in [5.74, 6) is 1.09. The lowest BCUT2D eigenvalue weighted by Crippen LogP contribution is -2.01. The second-order valence-electron chi connectivity index (χ2n) is 4.95. The lowest BCUT2D eigenvalue weighted by molar-refractivity contribution is 0.556. The van der Waals surface area contributed by atoms with Crippen molar-refractivity contribution < 1.29 is 0 Å². The van der Waals surface area contributed by atoms with Crippen LogP contribution < -0.4 is 0 Å². The fourth-order valence-corrected chi connectivity index (χ4v) is 3.59. The zero-order valence-electron chi connectivity index (χ0n) is 8.40. The van der Waals surface area contributed by atoms with Gasteiger partial charge in [-0.2, -0.15) is 0 Å². The molecule has 0 radical (unpaired) electrons. The zero-order valence-corrected chi connectivity index (χ0v) is 9.55. The van der Waals surface area contributed by atoms with Crippen molar-refractivity contribution in [2.24, 2.45) is 5.92 Å². The second kappa shape index (κ2) is 3.37. The highest BCUT2D eigenvalue weighted by atomic mass is 28.3. The van der Waals surface area contributed by atoms with Gasteiger partial charge in [0.05, 0.1) is 0 Å². The largest absolute Gasteiger partial charge is 0.0722 e. The molecule has 0 aliphatic heterocycles. The van der Waals surface area contributed by atoms with E-state index in [0.717, 1.165) is 5.92 Å². The van der Waals surface area contributed by atoms with Crippen molar-refractivity contribution in [1.82, 2.24) is 0 Å². The van der Waals surface area contributed by atoms with Crippen LogP contribution in [0.1, 0.15) is 32.1 Å². The molecule has 0 saturated heterocycles. The minimum atomic E-state index is -0.284. The van der Waals surface area contributed by atoms with E-state index < -0.39 is 0 Å². The third-order valence-electron chi connectivity index (χ3n) is 3.45. The summed E-state index contributed by atoms with van der Waals surface area (Å²) in [6, 6.07) is 1.55. The normalized spacial score (nSPS) is 27.8. The summed E-state index contributed by atoms with van der Waals surface area (Å²) in [6.45, 7) is 4.94. The van der Waals surface area contributed by atoms with E-state index in [-0.39, 0.29) is 8.80 Å². The molecule has 1 unspecified atom stereocenters. The molecule has 1 fully saturated rings. The van der Waals surface area contributed by atoms with Gasteiger partial charge in [-0.25, -0.2) is 0 Å². The summed E-state index contributed by atoms with van der Waals surface area (Å²) in [7, 11) is -0.284. The van der Waals surface area contributed by atoms with E-state index in [9.17, 15) is 0 Å². The molecule has 0 heterocycles. The van der Waals surface area contributed by atoms with Crippen molar-refractivity contribution in [3.8, 4) is 0 Å². The maximum Gasteiger partial charge on any atom is 0.0308 e. The molecule has 0 amide bonds. The number of allylic oxidation sites excluding steroid dienone is 2. The number of hydrogen-bond acceptors (Lipinski definition) is 0. The molecule has 0 aromatic rings. The van der Waals surface area contributed by atoms with E-state index in [1.165, 1.54) is 32.1 Å². The van der Waals surface area contributed by atoms with Crippen molar-refractivity contribution in [1.29, 1.82) is 0 Å². The van der Waals surface area contributed by atoms with Crippen molar-refractivity contribution in [3.05, 3.63) is 11.1 Å². The smallest absolute Gasteiger partial charge is 0.0308 e. The fourth-order valence-electron chi connectivity index (χ4n) is 2.66. The van der Waals surface area contributed by atoms with E-state index in [2.05, 4.69) is 13.1 Å². The molecule has 0 spiro atoms. The maximum atomic E-state index is 2.47. The van der Waals surface area contributed by atoms with Gasteiger partial charge in [0.1, 0.15) is 0 Å². The highest BCUT2D eigenvalue weighted by Gasteiger charge is 2.29. The summed E-state index contributed by atoms with van der Waals surface area (Å²) in [4.78, 5) is 0. The van der Waals surface area contributed by atoms with Crippen molar-refractivity contribution in [2.45, 2.75) is 51.2 Å². The monoisotopic (exact) mass is 180 g/mol. The SMILES string of the molecule is C[SiH](C)CCC1=C2CCC(C2)C1. The van der Waals surface area contributed by atoms with E-state index >= 15 is 0 Å². The lowest BCUT2D eigenvalue weighted by Gasteiger charge is -2.12. The summed E-state index contributed by atoms with van der Waals surface area (Å²) in [5, 5.41) is 0. The molecule has 0 aromatic carbocycles. The second-order valence-corrected chi connectivity index (χ2v) is 8.32. The molecular formula is C11H20Si. The molecule has 1 heteroatoms. The third-order valence-corrected chi connectivity index (χ3v) is 4.89. The Kier molecular flexibility index (Phi) is 2.40. The van der Waals surface area contributed by atoms with Gasteiger partial charge in [0.25, 0.3) is 0 Å². The van der Waals surface area contributed by atoms with Crippen molar-refractivity contribution >= 4 is 8.80 Å². The van der Waals surface area contributed by atoms with Gasteiger partial charge in [0, 0.05) is 8.80 Å². The molecule has 2 aliphatic carbocycles. The Morgan fingerprint density at radius 1 is 1.33 bits per heavy atom. The van der Waals surface area contributed by atoms with E-state index in [1.54, 1.807) is 6.04 Å². The Labute approximate surface area is 77.7 Å². The zero-order chi connectivity index (χ0) is 8.55. The minimum absolute atomic E-state index is 0.284. The van der Waals surface area contributed by atoms with Crippen LogP contribution in [0, 0.1) is 5.92 Å². The van der Waals surface area contributed by atoms with Crippen LogP contribution in [0.25, 0.3) is 0 Å². The van der Waals surface area contributed by atoms with Crippen molar-refractivity contribution in [2.75, 3.05) is 0 Å². The van der Waals surface area contributed by atoms with Crippen molar-refractivity contribution in [3.63, 3.8) is 0 Å². The van der Waals surface area contributed by atoms with Gasteiger partial charge in [-0.15, -0.1) is 0 Å². The van der Waals surface area contributed by atoms with Crippen LogP contribution in [0.3, 0.4) is 0 Å². The van der Waals surface area contributed by atoms with Gasteiger partial charge in [0.2, 0.25) is 0 Å². The Morgan fingerprint density at radius 2 is 2.17 bits per heavy atom. The average molecular weight is 180 g/mol. The van der Waals surface area contributed by atoms with Gasteiger partial charge in [-0.1, -0.05) is 30.3 Å². The molecule has 0 N–H and O–H groups in total. The van der Waals surface area contributed by atoms with Crippen LogP contribution in [-0.4, -0.2) is 8.80 Å². The summed E-state index contributed by atoms with van der Waals surface area (Å²) < 4.78 is 0. The van der Waals surface area contributed by atoms with Crippen LogP contribution in [0.2, 0.25) is 19.1 Å².